The third-order valence-electron chi connectivity index (χ3n) is 4.00. The Balaban J connectivity index is 1.90. The van der Waals surface area contributed by atoms with Gasteiger partial charge >= 0.3 is 0 Å². The lowest BCUT2D eigenvalue weighted by Gasteiger charge is -2.28. The third kappa shape index (κ3) is 2.16. The Morgan fingerprint density at radius 1 is 0.846 bits per heavy atom. The summed E-state index contributed by atoms with van der Waals surface area (Å²) in [4.78, 5) is 0. The van der Waals surface area contributed by atoms with Crippen LogP contribution in [0.25, 0.3) is 0 Å². The first-order valence-corrected chi connectivity index (χ1v) is 6.76. The van der Waals surface area contributed by atoms with Crippen LogP contribution in [0.1, 0.15) is 51.4 Å². The predicted molar refractivity (Wildman–Crippen MR) is 58.7 cm³/mol. The molecule has 13 heavy (non-hydrogen) atoms. The molecule has 2 aliphatic rings. The van der Waals surface area contributed by atoms with Crippen molar-refractivity contribution in [2.75, 3.05) is 0 Å². The van der Waals surface area contributed by atoms with Gasteiger partial charge in [-0.25, -0.2) is 0 Å². The van der Waals surface area contributed by atoms with Gasteiger partial charge in [0.2, 0.25) is 0 Å². The average Bonchev–Trinajstić information content (AvgIpc) is 2.76. The van der Waals surface area contributed by atoms with Gasteiger partial charge < -0.3 is 4.43 Å². The second-order valence-electron chi connectivity index (χ2n) is 4.79. The van der Waals surface area contributed by atoms with Crippen molar-refractivity contribution in [3.8, 4) is 0 Å². The van der Waals surface area contributed by atoms with Crippen LogP contribution in [0.5, 0.6) is 0 Å². The SMILES string of the molecule is [SiH3]OC(C1CCCC1)C1CCCC1. The molecule has 0 aromatic heterocycles. The summed E-state index contributed by atoms with van der Waals surface area (Å²) in [5, 5.41) is 0. The molecule has 2 heteroatoms. The Kier molecular flexibility index (Phi) is 3.44. The normalized spacial score (nSPS) is 26.5. The summed E-state index contributed by atoms with van der Waals surface area (Å²) in [7, 11) is 0.942. The summed E-state index contributed by atoms with van der Waals surface area (Å²) < 4.78 is 5.86. The zero-order valence-electron chi connectivity index (χ0n) is 8.80. The highest BCUT2D eigenvalue weighted by molar-refractivity contribution is 5.98. The molecule has 0 atom stereocenters. The van der Waals surface area contributed by atoms with E-state index < -0.39 is 0 Å². The Labute approximate surface area is 84.8 Å². The van der Waals surface area contributed by atoms with Crippen molar-refractivity contribution >= 4 is 10.5 Å². The van der Waals surface area contributed by atoms with Crippen molar-refractivity contribution in [1.82, 2.24) is 0 Å². The van der Waals surface area contributed by atoms with E-state index in [9.17, 15) is 0 Å². The van der Waals surface area contributed by atoms with Crippen LogP contribution in [0.3, 0.4) is 0 Å². The maximum Gasteiger partial charge on any atom is 0.146 e. The van der Waals surface area contributed by atoms with E-state index in [4.69, 9.17) is 4.43 Å². The highest BCUT2D eigenvalue weighted by Gasteiger charge is 2.32. The molecule has 2 saturated carbocycles. The first-order chi connectivity index (χ1) is 6.42. The van der Waals surface area contributed by atoms with E-state index in [0.717, 1.165) is 22.3 Å². The van der Waals surface area contributed by atoms with E-state index in [1.165, 1.54) is 51.4 Å². The topological polar surface area (TPSA) is 9.23 Å². The van der Waals surface area contributed by atoms with Crippen LogP contribution in [-0.2, 0) is 4.43 Å². The molecule has 2 rings (SSSR count). The molecule has 0 amide bonds. The molecule has 0 aromatic rings. The Hall–Kier alpha value is 0.177. The van der Waals surface area contributed by atoms with Crippen molar-refractivity contribution in [3.05, 3.63) is 0 Å². The summed E-state index contributed by atoms with van der Waals surface area (Å²) in [6, 6.07) is 0. The highest BCUT2D eigenvalue weighted by atomic mass is 28.2. The van der Waals surface area contributed by atoms with Crippen molar-refractivity contribution in [2.45, 2.75) is 57.5 Å². The van der Waals surface area contributed by atoms with Gasteiger partial charge in [-0.05, 0) is 37.5 Å². The van der Waals surface area contributed by atoms with Crippen LogP contribution >= 0.6 is 0 Å². The standard InChI is InChI=1S/C11H22OSi/c13-12-11(9-5-1-2-6-9)10-7-3-4-8-10/h9-11H,1-8H2,13H3. The van der Waals surface area contributed by atoms with Gasteiger partial charge in [0.1, 0.15) is 10.5 Å². The molecule has 0 heterocycles. The summed E-state index contributed by atoms with van der Waals surface area (Å²) >= 11 is 0. The predicted octanol–water partition coefficient (Wildman–Crippen LogP) is 2.03. The fourth-order valence-corrected chi connectivity index (χ4v) is 4.11. The van der Waals surface area contributed by atoms with E-state index in [0.29, 0.717) is 6.10 Å². The lowest BCUT2D eigenvalue weighted by atomic mass is 9.89. The molecule has 0 N–H and O–H groups in total. The van der Waals surface area contributed by atoms with Crippen LogP contribution in [0.15, 0.2) is 0 Å². The van der Waals surface area contributed by atoms with E-state index in [1.54, 1.807) is 0 Å². The molecule has 1 nitrogen and oxygen atoms in total. The van der Waals surface area contributed by atoms with Gasteiger partial charge in [0, 0.05) is 6.10 Å². The second kappa shape index (κ2) is 4.60. The largest absolute Gasteiger partial charge is 0.424 e. The molecule has 0 radical (unpaired) electrons. The molecule has 2 aliphatic carbocycles. The van der Waals surface area contributed by atoms with E-state index in [2.05, 4.69) is 0 Å². The van der Waals surface area contributed by atoms with Crippen molar-refractivity contribution in [3.63, 3.8) is 0 Å². The zero-order chi connectivity index (χ0) is 9.10. The molecule has 0 bridgehead atoms. The molecule has 0 unspecified atom stereocenters. The Morgan fingerprint density at radius 3 is 1.54 bits per heavy atom. The van der Waals surface area contributed by atoms with Gasteiger partial charge in [-0.15, -0.1) is 0 Å². The molecule has 76 valence electrons. The molecule has 0 saturated heterocycles. The molecule has 0 aliphatic heterocycles. The van der Waals surface area contributed by atoms with Gasteiger partial charge in [0.05, 0.1) is 0 Å². The number of hydrogen-bond acceptors (Lipinski definition) is 1. The molecule has 2 fully saturated rings. The maximum atomic E-state index is 5.86. The summed E-state index contributed by atoms with van der Waals surface area (Å²) in [5.41, 5.74) is 0. The van der Waals surface area contributed by atoms with Crippen LogP contribution in [0, 0.1) is 11.8 Å². The maximum absolute atomic E-state index is 5.86. The lowest BCUT2D eigenvalue weighted by molar-refractivity contribution is 0.0886. The summed E-state index contributed by atoms with van der Waals surface area (Å²) in [6.07, 6.45) is 12.3. The zero-order valence-corrected chi connectivity index (χ0v) is 10.8. The van der Waals surface area contributed by atoms with E-state index in [1.807, 2.05) is 0 Å². The van der Waals surface area contributed by atoms with E-state index in [-0.39, 0.29) is 0 Å². The summed E-state index contributed by atoms with van der Waals surface area (Å²) in [5.74, 6) is 1.86. The average molecular weight is 198 g/mol. The highest BCUT2D eigenvalue weighted by Crippen LogP contribution is 2.38. The third-order valence-corrected chi connectivity index (χ3v) is 4.55. The fourth-order valence-electron chi connectivity index (χ4n) is 3.34. The quantitative estimate of drug-likeness (QED) is 0.631. The van der Waals surface area contributed by atoms with Gasteiger partial charge in [0.15, 0.2) is 0 Å². The van der Waals surface area contributed by atoms with Gasteiger partial charge in [-0.2, -0.15) is 0 Å². The summed E-state index contributed by atoms with van der Waals surface area (Å²) in [6.45, 7) is 0. The fraction of sp³-hybridized carbons (Fsp3) is 1.00. The van der Waals surface area contributed by atoms with E-state index >= 15 is 0 Å². The van der Waals surface area contributed by atoms with Crippen LogP contribution in [-0.4, -0.2) is 16.6 Å². The Morgan fingerprint density at radius 2 is 1.23 bits per heavy atom. The molecule has 0 aromatic carbocycles. The minimum absolute atomic E-state index is 0.664. The monoisotopic (exact) mass is 198 g/mol. The van der Waals surface area contributed by atoms with Crippen LogP contribution < -0.4 is 0 Å². The number of hydrogen-bond donors (Lipinski definition) is 0. The number of rotatable bonds is 3. The molecule has 0 spiro atoms. The molecular weight excluding hydrogens is 176 g/mol. The van der Waals surface area contributed by atoms with Crippen LogP contribution in [0.4, 0.5) is 0 Å². The first kappa shape index (κ1) is 9.72. The molecular formula is C11H22OSi. The lowest BCUT2D eigenvalue weighted by Crippen LogP contribution is -2.28. The first-order valence-electron chi connectivity index (χ1n) is 5.94. The minimum Gasteiger partial charge on any atom is -0.424 e. The van der Waals surface area contributed by atoms with Gasteiger partial charge in [-0.1, -0.05) is 25.7 Å². The van der Waals surface area contributed by atoms with Gasteiger partial charge in [0.25, 0.3) is 0 Å². The van der Waals surface area contributed by atoms with Crippen LogP contribution in [0.2, 0.25) is 0 Å². The van der Waals surface area contributed by atoms with Gasteiger partial charge in [-0.3, -0.25) is 0 Å². The smallest absolute Gasteiger partial charge is 0.146 e. The second-order valence-corrected chi connectivity index (χ2v) is 5.26. The van der Waals surface area contributed by atoms with Crippen molar-refractivity contribution in [2.24, 2.45) is 11.8 Å². The van der Waals surface area contributed by atoms with Crippen molar-refractivity contribution in [1.29, 1.82) is 0 Å². The van der Waals surface area contributed by atoms with Crippen molar-refractivity contribution < 1.29 is 4.43 Å². The minimum atomic E-state index is 0.664. The Bertz CT molecular complexity index is 132.